The number of hydrogen-bond acceptors (Lipinski definition) is 7. The number of carbonyl (C=O) groups is 1. The van der Waals surface area contributed by atoms with E-state index in [1.165, 1.54) is 0 Å². The van der Waals surface area contributed by atoms with Gasteiger partial charge in [0.2, 0.25) is 5.95 Å². The van der Waals surface area contributed by atoms with Crippen LogP contribution in [-0.4, -0.2) is 62.7 Å². The molecule has 0 spiro atoms. The minimum atomic E-state index is -0.188. The van der Waals surface area contributed by atoms with Crippen LogP contribution in [0.15, 0.2) is 52.1 Å². The zero-order chi connectivity index (χ0) is 22.9. The highest BCUT2D eigenvalue weighted by Crippen LogP contribution is 2.28. The Kier molecular flexibility index (Phi) is 5.41. The van der Waals surface area contributed by atoms with Crippen molar-refractivity contribution in [3.63, 3.8) is 0 Å². The first-order valence-corrected chi connectivity index (χ1v) is 10.9. The van der Waals surface area contributed by atoms with E-state index in [2.05, 4.69) is 20.1 Å². The van der Waals surface area contributed by atoms with Crippen molar-refractivity contribution in [1.29, 1.82) is 0 Å². The van der Waals surface area contributed by atoms with Crippen LogP contribution in [0.1, 0.15) is 40.8 Å². The second kappa shape index (κ2) is 8.53. The molecule has 33 heavy (non-hydrogen) atoms. The molecule has 0 saturated carbocycles. The number of amides is 1. The molecule has 4 aromatic heterocycles. The average molecular weight is 447 g/mol. The number of fused-ring (bicyclic) bond motifs is 1. The number of anilines is 1. The normalized spacial score (nSPS) is 14.7. The fourth-order valence-corrected chi connectivity index (χ4v) is 4.17. The van der Waals surface area contributed by atoms with Crippen molar-refractivity contribution in [2.75, 3.05) is 32.1 Å². The molecule has 5 rings (SSSR count). The third-order valence-electron chi connectivity index (χ3n) is 5.97. The molecule has 4 aromatic rings. The maximum Gasteiger partial charge on any atom is 0.289 e. The molecule has 1 aliphatic heterocycles. The van der Waals surface area contributed by atoms with Gasteiger partial charge in [-0.05, 0) is 37.1 Å². The van der Waals surface area contributed by atoms with Crippen LogP contribution in [0.5, 0.6) is 0 Å². The monoisotopic (exact) mass is 447 g/mol. The van der Waals surface area contributed by atoms with Crippen LogP contribution < -0.4 is 10.5 Å². The molecule has 5 heterocycles. The summed E-state index contributed by atoms with van der Waals surface area (Å²) in [6.45, 7) is 1.66. The van der Waals surface area contributed by atoms with Crippen molar-refractivity contribution in [1.82, 2.24) is 29.6 Å². The lowest BCUT2D eigenvalue weighted by Gasteiger charge is -2.31. The highest BCUT2D eigenvalue weighted by molar-refractivity contribution is 5.91. The molecule has 10 heteroatoms. The molecule has 1 fully saturated rings. The van der Waals surface area contributed by atoms with Crippen LogP contribution in [0.2, 0.25) is 0 Å². The van der Waals surface area contributed by atoms with E-state index in [1.807, 2.05) is 38.5 Å². The molecule has 10 nitrogen and oxygen atoms in total. The number of rotatable bonds is 5. The van der Waals surface area contributed by atoms with E-state index in [1.54, 1.807) is 32.9 Å². The number of likely N-dealkylation sites (tertiary alicyclic amines) is 1. The molecule has 0 radical (unpaired) electrons. The summed E-state index contributed by atoms with van der Waals surface area (Å²) in [5, 5.41) is 4.63. The summed E-state index contributed by atoms with van der Waals surface area (Å²) in [5.74, 6) is 1.61. The van der Waals surface area contributed by atoms with Gasteiger partial charge in [0.05, 0.1) is 17.4 Å². The summed E-state index contributed by atoms with van der Waals surface area (Å²) in [6.07, 6.45) is 6.61. The van der Waals surface area contributed by atoms with E-state index >= 15 is 0 Å². The number of aromatic amines is 1. The van der Waals surface area contributed by atoms with E-state index < -0.39 is 0 Å². The Bertz CT molecular complexity index is 1330. The fourth-order valence-electron chi connectivity index (χ4n) is 4.17. The van der Waals surface area contributed by atoms with Crippen molar-refractivity contribution < 1.29 is 9.21 Å². The molecule has 0 aliphatic carbocycles. The Morgan fingerprint density at radius 2 is 2.09 bits per heavy atom. The van der Waals surface area contributed by atoms with Crippen LogP contribution in [0, 0.1) is 0 Å². The molecule has 1 amide bonds. The van der Waals surface area contributed by atoms with Gasteiger partial charge in [-0.3, -0.25) is 14.3 Å². The summed E-state index contributed by atoms with van der Waals surface area (Å²) in [5.41, 5.74) is 1.29. The number of nitrogens with one attached hydrogen (secondary N) is 1. The first-order valence-electron chi connectivity index (χ1n) is 10.9. The Morgan fingerprint density at radius 1 is 1.27 bits per heavy atom. The van der Waals surface area contributed by atoms with Gasteiger partial charge >= 0.3 is 0 Å². The number of piperidine rings is 1. The Labute approximate surface area is 189 Å². The molecular formula is C23H25N7O3. The van der Waals surface area contributed by atoms with Gasteiger partial charge in [-0.1, -0.05) is 0 Å². The lowest BCUT2D eigenvalue weighted by Crippen LogP contribution is -2.38. The SMILES string of the molecule is CN(C)c1ncc2c(=O)[nH]c(C3CCN(C(=O)c4ccc(Cn5cccn5)o4)CC3)cc2n1. The average Bonchev–Trinajstić information content (AvgIpc) is 3.51. The minimum absolute atomic E-state index is 0.115. The van der Waals surface area contributed by atoms with Gasteiger partial charge in [-0.2, -0.15) is 5.10 Å². The van der Waals surface area contributed by atoms with E-state index in [0.717, 1.165) is 18.5 Å². The first kappa shape index (κ1) is 20.9. The van der Waals surface area contributed by atoms with E-state index in [4.69, 9.17) is 4.42 Å². The zero-order valence-electron chi connectivity index (χ0n) is 18.6. The number of carbonyl (C=O) groups excluding carboxylic acids is 1. The predicted molar refractivity (Wildman–Crippen MR) is 122 cm³/mol. The quantitative estimate of drug-likeness (QED) is 0.499. The molecule has 0 unspecified atom stereocenters. The van der Waals surface area contributed by atoms with Gasteiger partial charge in [0.15, 0.2) is 5.76 Å². The molecule has 1 N–H and O–H groups in total. The third-order valence-corrected chi connectivity index (χ3v) is 5.97. The number of furan rings is 1. The smallest absolute Gasteiger partial charge is 0.289 e. The lowest BCUT2D eigenvalue weighted by atomic mass is 9.92. The predicted octanol–water partition coefficient (Wildman–Crippen LogP) is 2.24. The number of pyridine rings is 1. The van der Waals surface area contributed by atoms with Crippen LogP contribution in [0.4, 0.5) is 5.95 Å². The number of aromatic nitrogens is 5. The zero-order valence-corrected chi connectivity index (χ0v) is 18.6. The molecule has 0 aromatic carbocycles. The van der Waals surface area contributed by atoms with E-state index in [0.29, 0.717) is 48.0 Å². The second-order valence-electron chi connectivity index (χ2n) is 8.45. The van der Waals surface area contributed by atoms with E-state index in [-0.39, 0.29) is 17.4 Å². The third kappa shape index (κ3) is 4.23. The maximum absolute atomic E-state index is 12.9. The van der Waals surface area contributed by atoms with E-state index in [9.17, 15) is 9.59 Å². The molecule has 0 atom stereocenters. The van der Waals surface area contributed by atoms with Crippen molar-refractivity contribution in [3.05, 3.63) is 70.4 Å². The maximum atomic E-state index is 12.9. The number of H-pyrrole nitrogens is 1. The fraction of sp³-hybridized carbons (Fsp3) is 0.348. The summed E-state index contributed by atoms with van der Waals surface area (Å²) in [7, 11) is 3.72. The summed E-state index contributed by atoms with van der Waals surface area (Å²) >= 11 is 0. The van der Waals surface area contributed by atoms with Crippen LogP contribution in [-0.2, 0) is 6.54 Å². The summed E-state index contributed by atoms with van der Waals surface area (Å²) < 4.78 is 7.51. The minimum Gasteiger partial charge on any atom is -0.454 e. The van der Waals surface area contributed by atoms with Crippen molar-refractivity contribution >= 4 is 22.8 Å². The highest BCUT2D eigenvalue weighted by Gasteiger charge is 2.27. The Balaban J connectivity index is 1.27. The largest absolute Gasteiger partial charge is 0.454 e. The van der Waals surface area contributed by atoms with Gasteiger partial charge in [-0.25, -0.2) is 9.97 Å². The molecule has 170 valence electrons. The molecule has 0 bridgehead atoms. The Morgan fingerprint density at radius 3 is 2.82 bits per heavy atom. The molecule has 1 saturated heterocycles. The van der Waals surface area contributed by atoms with Crippen LogP contribution in [0.25, 0.3) is 10.9 Å². The number of hydrogen-bond donors (Lipinski definition) is 1. The Hall–Kier alpha value is -3.95. The lowest BCUT2D eigenvalue weighted by molar-refractivity contribution is 0.0677. The molecule has 1 aliphatic rings. The van der Waals surface area contributed by atoms with Gasteiger partial charge in [0.1, 0.15) is 5.76 Å². The van der Waals surface area contributed by atoms with Crippen molar-refractivity contribution in [2.24, 2.45) is 0 Å². The number of nitrogens with zero attached hydrogens (tertiary/aromatic N) is 6. The standard InChI is InChI=1S/C23H25N7O3/c1-28(2)23-24-13-17-19(27-23)12-18(26-21(17)31)15-6-10-29(11-7-15)22(32)20-5-4-16(33-20)14-30-9-3-8-25-30/h3-5,8-9,12-13,15H,6-7,10-11,14H2,1-2H3,(H,26,31). The van der Waals surface area contributed by atoms with Gasteiger partial charge < -0.3 is 19.2 Å². The summed E-state index contributed by atoms with van der Waals surface area (Å²) in [6, 6.07) is 7.30. The highest BCUT2D eigenvalue weighted by atomic mass is 16.4. The van der Waals surface area contributed by atoms with Crippen LogP contribution in [0.3, 0.4) is 0 Å². The van der Waals surface area contributed by atoms with Gasteiger partial charge in [0, 0.05) is 57.4 Å². The molecular weight excluding hydrogens is 422 g/mol. The van der Waals surface area contributed by atoms with Gasteiger partial charge in [0.25, 0.3) is 11.5 Å². The van der Waals surface area contributed by atoms with Gasteiger partial charge in [-0.15, -0.1) is 0 Å². The van der Waals surface area contributed by atoms with Crippen molar-refractivity contribution in [2.45, 2.75) is 25.3 Å². The summed E-state index contributed by atoms with van der Waals surface area (Å²) in [4.78, 5) is 40.8. The van der Waals surface area contributed by atoms with Crippen LogP contribution >= 0.6 is 0 Å². The topological polar surface area (TPSA) is 113 Å². The van der Waals surface area contributed by atoms with Crippen molar-refractivity contribution in [3.8, 4) is 0 Å². The second-order valence-corrected chi connectivity index (χ2v) is 8.45. The first-order chi connectivity index (χ1) is 16.0.